The van der Waals surface area contributed by atoms with Crippen molar-refractivity contribution in [3.63, 3.8) is 0 Å². The van der Waals surface area contributed by atoms with Crippen molar-refractivity contribution in [2.75, 3.05) is 0 Å². The fourth-order valence-corrected chi connectivity index (χ4v) is 2.19. The third kappa shape index (κ3) is 3.44. The van der Waals surface area contributed by atoms with Crippen LogP contribution >= 0.6 is 0 Å². The van der Waals surface area contributed by atoms with E-state index in [0.29, 0.717) is 6.42 Å². The number of aliphatic carboxylic acids is 1. The highest BCUT2D eigenvalue weighted by Crippen LogP contribution is 2.23. The van der Waals surface area contributed by atoms with Crippen molar-refractivity contribution in [2.24, 2.45) is 5.92 Å². The highest BCUT2D eigenvalue weighted by atomic mass is 16.4. The lowest BCUT2D eigenvalue weighted by molar-refractivity contribution is -0.141. The first kappa shape index (κ1) is 14.3. The number of carboxylic acid groups (broad SMARTS) is 1. The summed E-state index contributed by atoms with van der Waals surface area (Å²) in [5, 5.41) is 8.93. The van der Waals surface area contributed by atoms with Gasteiger partial charge in [0.1, 0.15) is 0 Å². The summed E-state index contributed by atoms with van der Waals surface area (Å²) in [5.41, 5.74) is 3.28. The topological polar surface area (TPSA) is 50.2 Å². The average molecular weight is 269 g/mol. The van der Waals surface area contributed by atoms with E-state index in [1.54, 1.807) is 13.1 Å². The molecule has 2 atom stereocenters. The summed E-state index contributed by atoms with van der Waals surface area (Å²) in [6.45, 7) is 3.85. The first-order chi connectivity index (χ1) is 9.58. The number of carbonyl (C=O) groups is 1. The van der Waals surface area contributed by atoms with E-state index < -0.39 is 5.97 Å². The molecule has 0 aliphatic carbocycles. The zero-order valence-corrected chi connectivity index (χ0v) is 11.8. The first-order valence-corrected chi connectivity index (χ1v) is 6.80. The van der Waals surface area contributed by atoms with Crippen LogP contribution in [-0.2, 0) is 11.2 Å². The van der Waals surface area contributed by atoms with Crippen LogP contribution in [0.3, 0.4) is 0 Å². The molecule has 3 nitrogen and oxygen atoms in total. The standard InChI is InChI=1S/C17H19NO2/c1-12(17(19)20)11-14-6-8-15(9-7-14)13(2)16-5-3-4-10-18-16/h3-10,12-13H,11H2,1-2H3,(H,19,20). The summed E-state index contributed by atoms with van der Waals surface area (Å²) in [6, 6.07) is 14.0. The fourth-order valence-electron chi connectivity index (χ4n) is 2.19. The molecule has 2 aromatic rings. The number of nitrogens with zero attached hydrogens (tertiary/aromatic N) is 1. The molecule has 1 N–H and O–H groups in total. The van der Waals surface area contributed by atoms with Crippen molar-refractivity contribution < 1.29 is 9.90 Å². The maximum absolute atomic E-state index is 10.9. The lowest BCUT2D eigenvalue weighted by Gasteiger charge is -2.12. The number of benzene rings is 1. The molecule has 0 amide bonds. The molecule has 20 heavy (non-hydrogen) atoms. The molecule has 0 bridgehead atoms. The van der Waals surface area contributed by atoms with Crippen molar-refractivity contribution in [2.45, 2.75) is 26.2 Å². The fraction of sp³-hybridized carbons (Fsp3) is 0.294. The third-order valence-corrected chi connectivity index (χ3v) is 3.57. The molecule has 1 aromatic heterocycles. The summed E-state index contributed by atoms with van der Waals surface area (Å²) >= 11 is 0. The summed E-state index contributed by atoms with van der Waals surface area (Å²) in [4.78, 5) is 15.2. The van der Waals surface area contributed by atoms with E-state index in [2.05, 4.69) is 24.0 Å². The summed E-state index contributed by atoms with van der Waals surface area (Å²) < 4.78 is 0. The summed E-state index contributed by atoms with van der Waals surface area (Å²) in [6.07, 6.45) is 2.36. The number of pyridine rings is 1. The highest BCUT2D eigenvalue weighted by molar-refractivity contribution is 5.69. The molecule has 1 heterocycles. The van der Waals surface area contributed by atoms with E-state index in [-0.39, 0.29) is 11.8 Å². The Kier molecular flexibility index (Phi) is 4.51. The Morgan fingerprint density at radius 1 is 1.15 bits per heavy atom. The van der Waals surface area contributed by atoms with Gasteiger partial charge in [0.2, 0.25) is 0 Å². The molecule has 2 unspecified atom stereocenters. The Hall–Kier alpha value is -2.16. The molecule has 0 saturated heterocycles. The predicted molar refractivity (Wildman–Crippen MR) is 78.7 cm³/mol. The molecule has 0 aliphatic heterocycles. The molecule has 0 aliphatic rings. The van der Waals surface area contributed by atoms with Gasteiger partial charge in [-0.25, -0.2) is 0 Å². The Morgan fingerprint density at radius 3 is 2.40 bits per heavy atom. The van der Waals surface area contributed by atoms with Crippen LogP contribution < -0.4 is 0 Å². The summed E-state index contributed by atoms with van der Waals surface area (Å²) in [7, 11) is 0. The van der Waals surface area contributed by atoms with Crippen molar-refractivity contribution in [3.8, 4) is 0 Å². The molecule has 0 fully saturated rings. The Balaban J connectivity index is 2.10. The number of carboxylic acids is 1. The van der Waals surface area contributed by atoms with E-state index in [4.69, 9.17) is 5.11 Å². The molecular weight excluding hydrogens is 250 g/mol. The second kappa shape index (κ2) is 6.33. The van der Waals surface area contributed by atoms with Crippen LogP contribution in [0, 0.1) is 5.92 Å². The minimum atomic E-state index is -0.754. The van der Waals surface area contributed by atoms with Gasteiger partial charge in [-0.05, 0) is 29.7 Å². The average Bonchev–Trinajstić information content (AvgIpc) is 2.48. The third-order valence-electron chi connectivity index (χ3n) is 3.57. The van der Waals surface area contributed by atoms with Gasteiger partial charge in [-0.15, -0.1) is 0 Å². The van der Waals surface area contributed by atoms with E-state index in [1.807, 2.05) is 30.3 Å². The van der Waals surface area contributed by atoms with E-state index in [1.165, 1.54) is 5.56 Å². The van der Waals surface area contributed by atoms with Gasteiger partial charge in [-0.3, -0.25) is 9.78 Å². The molecular formula is C17H19NO2. The van der Waals surface area contributed by atoms with Crippen LogP contribution in [0.1, 0.15) is 36.6 Å². The number of aromatic nitrogens is 1. The molecule has 104 valence electrons. The molecule has 1 aromatic carbocycles. The van der Waals surface area contributed by atoms with Gasteiger partial charge in [-0.1, -0.05) is 44.2 Å². The lowest BCUT2D eigenvalue weighted by atomic mass is 9.94. The van der Waals surface area contributed by atoms with Gasteiger partial charge in [0.05, 0.1) is 5.92 Å². The minimum Gasteiger partial charge on any atom is -0.481 e. The Bertz CT molecular complexity index is 563. The maximum atomic E-state index is 10.9. The molecule has 0 saturated carbocycles. The quantitative estimate of drug-likeness (QED) is 0.903. The van der Waals surface area contributed by atoms with Gasteiger partial charge in [0.25, 0.3) is 0 Å². The van der Waals surface area contributed by atoms with Gasteiger partial charge in [0.15, 0.2) is 0 Å². The SMILES string of the molecule is CC(Cc1ccc(C(C)c2ccccn2)cc1)C(=O)O. The minimum absolute atomic E-state index is 0.238. The van der Waals surface area contributed by atoms with Crippen molar-refractivity contribution in [3.05, 3.63) is 65.5 Å². The van der Waals surface area contributed by atoms with Gasteiger partial charge in [-0.2, -0.15) is 0 Å². The number of hydrogen-bond acceptors (Lipinski definition) is 2. The molecule has 2 rings (SSSR count). The van der Waals surface area contributed by atoms with Crippen LogP contribution in [-0.4, -0.2) is 16.1 Å². The second-order valence-electron chi connectivity index (χ2n) is 5.16. The monoisotopic (exact) mass is 269 g/mol. The molecule has 0 spiro atoms. The van der Waals surface area contributed by atoms with E-state index >= 15 is 0 Å². The van der Waals surface area contributed by atoms with Crippen molar-refractivity contribution in [1.82, 2.24) is 4.98 Å². The number of hydrogen-bond donors (Lipinski definition) is 1. The second-order valence-corrected chi connectivity index (χ2v) is 5.16. The highest BCUT2D eigenvalue weighted by Gasteiger charge is 2.13. The normalized spacial score (nSPS) is 13.7. The van der Waals surface area contributed by atoms with Gasteiger partial charge < -0.3 is 5.11 Å². The molecule has 3 heteroatoms. The van der Waals surface area contributed by atoms with Crippen molar-refractivity contribution in [1.29, 1.82) is 0 Å². The largest absolute Gasteiger partial charge is 0.481 e. The zero-order chi connectivity index (χ0) is 14.5. The van der Waals surface area contributed by atoms with Crippen LogP contribution in [0.4, 0.5) is 0 Å². The number of rotatable bonds is 5. The van der Waals surface area contributed by atoms with Gasteiger partial charge >= 0.3 is 5.97 Å². The van der Waals surface area contributed by atoms with Crippen LogP contribution in [0.5, 0.6) is 0 Å². The van der Waals surface area contributed by atoms with Crippen LogP contribution in [0.25, 0.3) is 0 Å². The smallest absolute Gasteiger partial charge is 0.306 e. The first-order valence-electron chi connectivity index (χ1n) is 6.80. The Labute approximate surface area is 119 Å². The lowest BCUT2D eigenvalue weighted by Crippen LogP contribution is -2.12. The van der Waals surface area contributed by atoms with E-state index in [0.717, 1.165) is 11.3 Å². The van der Waals surface area contributed by atoms with Crippen LogP contribution in [0.15, 0.2) is 48.7 Å². The maximum Gasteiger partial charge on any atom is 0.306 e. The van der Waals surface area contributed by atoms with Gasteiger partial charge in [0, 0.05) is 17.8 Å². The predicted octanol–water partition coefficient (Wildman–Crippen LogP) is 3.50. The van der Waals surface area contributed by atoms with E-state index in [9.17, 15) is 4.79 Å². The van der Waals surface area contributed by atoms with Crippen molar-refractivity contribution >= 4 is 5.97 Å². The molecule has 0 radical (unpaired) electrons. The zero-order valence-electron chi connectivity index (χ0n) is 11.8. The summed E-state index contributed by atoms with van der Waals surface area (Å²) in [5.74, 6) is -0.868. The van der Waals surface area contributed by atoms with Crippen LogP contribution in [0.2, 0.25) is 0 Å². The Morgan fingerprint density at radius 2 is 1.85 bits per heavy atom.